The van der Waals surface area contributed by atoms with Crippen molar-refractivity contribution in [3.8, 4) is 0 Å². The van der Waals surface area contributed by atoms with Gasteiger partial charge in [0.15, 0.2) is 0 Å². The Hall–Kier alpha value is -1.16. The fourth-order valence-electron chi connectivity index (χ4n) is 2.48. The predicted octanol–water partition coefficient (Wildman–Crippen LogP) is 3.55. The van der Waals surface area contributed by atoms with Crippen molar-refractivity contribution in [3.63, 3.8) is 0 Å². The minimum absolute atomic E-state index is 0.129. The van der Waals surface area contributed by atoms with E-state index in [9.17, 15) is 13.6 Å². The lowest BCUT2D eigenvalue weighted by molar-refractivity contribution is 0.0905. The number of rotatable bonds is 3. The summed E-state index contributed by atoms with van der Waals surface area (Å²) in [6, 6.07) is 1.98. The Balaban J connectivity index is 2.22. The van der Waals surface area contributed by atoms with Gasteiger partial charge in [0.1, 0.15) is 11.6 Å². The molecule has 1 saturated carbocycles. The first-order valence-electron chi connectivity index (χ1n) is 6.31. The van der Waals surface area contributed by atoms with Crippen LogP contribution in [0.25, 0.3) is 0 Å². The first-order chi connectivity index (χ1) is 8.97. The Morgan fingerprint density at radius 1 is 1.32 bits per heavy atom. The number of halogens is 3. The Labute approximate surface area is 116 Å². The van der Waals surface area contributed by atoms with E-state index in [4.69, 9.17) is 11.6 Å². The number of amides is 1. The fraction of sp³-hybridized carbons (Fsp3) is 0.500. The van der Waals surface area contributed by atoms with Crippen molar-refractivity contribution in [3.05, 3.63) is 34.9 Å². The second-order valence-electron chi connectivity index (χ2n) is 5.16. The number of nitrogens with one attached hydrogen (secondary N) is 1. The molecule has 2 rings (SSSR count). The summed E-state index contributed by atoms with van der Waals surface area (Å²) >= 11 is 5.92. The van der Waals surface area contributed by atoms with Gasteiger partial charge < -0.3 is 5.32 Å². The highest BCUT2D eigenvalue weighted by atomic mass is 35.5. The third kappa shape index (κ3) is 2.89. The smallest absolute Gasteiger partial charge is 0.254 e. The first kappa shape index (κ1) is 14.3. The van der Waals surface area contributed by atoms with E-state index < -0.39 is 23.1 Å². The van der Waals surface area contributed by atoms with E-state index in [0.717, 1.165) is 31.7 Å². The maximum atomic E-state index is 13.6. The molecule has 0 aromatic heterocycles. The largest absolute Gasteiger partial charge is 0.345 e. The van der Waals surface area contributed by atoms with Gasteiger partial charge in [0, 0.05) is 11.9 Å². The van der Waals surface area contributed by atoms with Crippen molar-refractivity contribution in [1.29, 1.82) is 0 Å². The Kier molecular flexibility index (Phi) is 4.09. The second kappa shape index (κ2) is 5.45. The minimum atomic E-state index is -0.844. The summed E-state index contributed by atoms with van der Waals surface area (Å²) in [5.41, 5.74) is -0.332. The summed E-state index contributed by atoms with van der Waals surface area (Å²) in [7, 11) is 0. The van der Waals surface area contributed by atoms with Gasteiger partial charge in [0.05, 0.1) is 11.1 Å². The molecule has 0 heterocycles. The third-order valence-corrected chi connectivity index (χ3v) is 4.20. The van der Waals surface area contributed by atoms with Crippen LogP contribution >= 0.6 is 11.6 Å². The molecular formula is C14H16ClF2NO. The monoisotopic (exact) mass is 287 g/mol. The SMILES string of the molecule is Cc1cc(C(=O)NC2(CCl)CCCC2)c(F)cc1F. The quantitative estimate of drug-likeness (QED) is 0.846. The second-order valence-corrected chi connectivity index (χ2v) is 5.42. The number of alkyl halides is 1. The van der Waals surface area contributed by atoms with Crippen LogP contribution < -0.4 is 5.32 Å². The molecule has 0 saturated heterocycles. The molecule has 1 amide bonds. The predicted molar refractivity (Wildman–Crippen MR) is 70.5 cm³/mol. The van der Waals surface area contributed by atoms with Crippen molar-refractivity contribution >= 4 is 17.5 Å². The van der Waals surface area contributed by atoms with Crippen molar-refractivity contribution in [2.45, 2.75) is 38.1 Å². The first-order valence-corrected chi connectivity index (χ1v) is 6.85. The maximum Gasteiger partial charge on any atom is 0.254 e. The third-order valence-electron chi connectivity index (χ3n) is 3.69. The molecule has 19 heavy (non-hydrogen) atoms. The molecule has 0 atom stereocenters. The Morgan fingerprint density at radius 3 is 2.53 bits per heavy atom. The lowest BCUT2D eigenvalue weighted by Crippen LogP contribution is -2.48. The zero-order chi connectivity index (χ0) is 14.0. The van der Waals surface area contributed by atoms with Gasteiger partial charge in [-0.1, -0.05) is 12.8 Å². The van der Waals surface area contributed by atoms with E-state index in [1.807, 2.05) is 0 Å². The zero-order valence-electron chi connectivity index (χ0n) is 10.7. The Bertz CT molecular complexity index is 498. The number of aryl methyl sites for hydroxylation is 1. The molecule has 0 aliphatic heterocycles. The zero-order valence-corrected chi connectivity index (χ0v) is 11.5. The molecule has 2 nitrogen and oxygen atoms in total. The molecule has 0 spiro atoms. The summed E-state index contributed by atoms with van der Waals surface area (Å²) in [6.07, 6.45) is 3.59. The van der Waals surface area contributed by atoms with Gasteiger partial charge in [0.2, 0.25) is 0 Å². The molecule has 0 radical (unpaired) electrons. The lowest BCUT2D eigenvalue weighted by atomic mass is 9.99. The molecule has 1 fully saturated rings. The molecule has 1 N–H and O–H groups in total. The minimum Gasteiger partial charge on any atom is -0.345 e. The summed E-state index contributed by atoms with van der Waals surface area (Å²) in [4.78, 5) is 12.1. The van der Waals surface area contributed by atoms with Gasteiger partial charge in [-0.05, 0) is 31.4 Å². The highest BCUT2D eigenvalue weighted by Gasteiger charge is 2.35. The number of hydrogen-bond acceptors (Lipinski definition) is 1. The van der Waals surface area contributed by atoms with Crippen LogP contribution in [0.1, 0.15) is 41.6 Å². The highest BCUT2D eigenvalue weighted by molar-refractivity contribution is 6.19. The van der Waals surface area contributed by atoms with Gasteiger partial charge in [-0.15, -0.1) is 11.6 Å². The summed E-state index contributed by atoms with van der Waals surface area (Å²) in [5.74, 6) is -1.71. The van der Waals surface area contributed by atoms with Crippen LogP contribution in [0.5, 0.6) is 0 Å². The molecule has 1 aromatic carbocycles. The molecule has 104 valence electrons. The summed E-state index contributed by atoms with van der Waals surface area (Å²) in [5, 5.41) is 2.81. The van der Waals surface area contributed by atoms with Crippen LogP contribution in [0.3, 0.4) is 0 Å². The van der Waals surface area contributed by atoms with Crippen LogP contribution in [0.4, 0.5) is 8.78 Å². The van der Waals surface area contributed by atoms with Crippen LogP contribution in [0, 0.1) is 18.6 Å². The van der Waals surface area contributed by atoms with Gasteiger partial charge in [-0.2, -0.15) is 0 Å². The standard InChI is InChI=1S/C14H16ClF2NO/c1-9-6-10(12(17)7-11(9)16)13(19)18-14(8-15)4-2-3-5-14/h6-7H,2-5,8H2,1H3,(H,18,19). The number of benzene rings is 1. The van der Waals surface area contributed by atoms with Crippen LogP contribution in [-0.2, 0) is 0 Å². The number of carbonyl (C=O) groups is 1. The summed E-state index contributed by atoms with van der Waals surface area (Å²) in [6.45, 7) is 1.50. The molecule has 1 aliphatic rings. The highest BCUT2D eigenvalue weighted by Crippen LogP contribution is 2.31. The molecule has 0 bridgehead atoms. The maximum absolute atomic E-state index is 13.6. The van der Waals surface area contributed by atoms with Gasteiger partial charge in [-0.25, -0.2) is 8.78 Å². The molecule has 5 heteroatoms. The van der Waals surface area contributed by atoms with Crippen molar-refractivity contribution < 1.29 is 13.6 Å². The molecule has 0 unspecified atom stereocenters. The molecule has 1 aliphatic carbocycles. The van der Waals surface area contributed by atoms with Crippen LogP contribution in [-0.4, -0.2) is 17.3 Å². The molecular weight excluding hydrogens is 272 g/mol. The number of carbonyl (C=O) groups excluding carboxylic acids is 1. The van der Waals surface area contributed by atoms with E-state index >= 15 is 0 Å². The number of hydrogen-bond donors (Lipinski definition) is 1. The fourth-order valence-corrected chi connectivity index (χ4v) is 2.82. The van der Waals surface area contributed by atoms with Crippen molar-refractivity contribution in [2.75, 3.05) is 5.88 Å². The van der Waals surface area contributed by atoms with E-state index in [1.165, 1.54) is 13.0 Å². The Morgan fingerprint density at radius 2 is 1.95 bits per heavy atom. The van der Waals surface area contributed by atoms with E-state index in [-0.39, 0.29) is 11.1 Å². The van der Waals surface area contributed by atoms with Gasteiger partial charge in [0.25, 0.3) is 5.91 Å². The topological polar surface area (TPSA) is 29.1 Å². The van der Waals surface area contributed by atoms with Gasteiger partial charge >= 0.3 is 0 Å². The average molecular weight is 288 g/mol. The van der Waals surface area contributed by atoms with E-state index in [0.29, 0.717) is 5.88 Å². The van der Waals surface area contributed by atoms with Crippen molar-refractivity contribution in [1.82, 2.24) is 5.32 Å². The van der Waals surface area contributed by atoms with E-state index in [2.05, 4.69) is 5.32 Å². The van der Waals surface area contributed by atoms with E-state index in [1.54, 1.807) is 0 Å². The van der Waals surface area contributed by atoms with Crippen LogP contribution in [0.15, 0.2) is 12.1 Å². The summed E-state index contributed by atoms with van der Waals surface area (Å²) < 4.78 is 26.8. The average Bonchev–Trinajstić information content (AvgIpc) is 2.83. The van der Waals surface area contributed by atoms with Crippen LogP contribution in [0.2, 0.25) is 0 Å². The van der Waals surface area contributed by atoms with Crippen molar-refractivity contribution in [2.24, 2.45) is 0 Å². The normalized spacial score (nSPS) is 17.5. The molecule has 1 aromatic rings. The lowest BCUT2D eigenvalue weighted by Gasteiger charge is -2.28. The van der Waals surface area contributed by atoms with Gasteiger partial charge in [-0.3, -0.25) is 4.79 Å².